The molecule has 0 saturated heterocycles. The Morgan fingerprint density at radius 2 is 1.92 bits per heavy atom. The van der Waals surface area contributed by atoms with Crippen LogP contribution in [0.15, 0.2) is 36.4 Å². The predicted molar refractivity (Wildman–Crippen MR) is 99.8 cm³/mol. The van der Waals surface area contributed by atoms with Crippen molar-refractivity contribution in [2.45, 2.75) is 45.4 Å². The van der Waals surface area contributed by atoms with Crippen molar-refractivity contribution >= 4 is 5.69 Å². The number of nitrogens with one attached hydrogen (secondary N) is 1. The summed E-state index contributed by atoms with van der Waals surface area (Å²) in [5.41, 5.74) is 7.06. The molecule has 4 rings (SSSR count). The minimum Gasteiger partial charge on any atom is -0.508 e. The van der Waals surface area contributed by atoms with Gasteiger partial charge in [0.1, 0.15) is 5.75 Å². The molecule has 1 aliphatic heterocycles. The molecule has 0 amide bonds. The van der Waals surface area contributed by atoms with E-state index in [1.54, 1.807) is 0 Å². The van der Waals surface area contributed by atoms with Crippen molar-refractivity contribution in [2.24, 2.45) is 11.8 Å². The van der Waals surface area contributed by atoms with Gasteiger partial charge in [-0.15, -0.1) is 0 Å². The maximum atomic E-state index is 9.68. The van der Waals surface area contributed by atoms with Crippen LogP contribution in [0.5, 0.6) is 5.75 Å². The van der Waals surface area contributed by atoms with Gasteiger partial charge in [-0.1, -0.05) is 32.0 Å². The van der Waals surface area contributed by atoms with Crippen molar-refractivity contribution in [1.29, 1.82) is 0 Å². The second-order valence-corrected chi connectivity index (χ2v) is 7.92. The number of benzene rings is 2. The van der Waals surface area contributed by atoms with Crippen LogP contribution in [0.1, 0.15) is 48.4 Å². The molecule has 2 N–H and O–H groups in total. The molecule has 2 nitrogen and oxygen atoms in total. The van der Waals surface area contributed by atoms with E-state index in [0.717, 1.165) is 25.8 Å². The molecule has 0 radical (unpaired) electrons. The van der Waals surface area contributed by atoms with Crippen LogP contribution in [-0.2, 0) is 19.3 Å². The third kappa shape index (κ3) is 2.90. The van der Waals surface area contributed by atoms with Crippen molar-refractivity contribution in [1.82, 2.24) is 0 Å². The van der Waals surface area contributed by atoms with E-state index in [1.165, 1.54) is 34.4 Å². The van der Waals surface area contributed by atoms with E-state index in [9.17, 15) is 5.11 Å². The van der Waals surface area contributed by atoms with Gasteiger partial charge in [0.05, 0.1) is 0 Å². The minimum atomic E-state index is 0.397. The molecule has 0 fully saturated rings. The zero-order chi connectivity index (χ0) is 16.7. The van der Waals surface area contributed by atoms with Crippen molar-refractivity contribution in [3.63, 3.8) is 0 Å². The van der Waals surface area contributed by atoms with Gasteiger partial charge in [0, 0.05) is 12.2 Å². The smallest absolute Gasteiger partial charge is 0.115 e. The summed E-state index contributed by atoms with van der Waals surface area (Å²) in [6, 6.07) is 12.9. The molecule has 2 aliphatic rings. The lowest BCUT2D eigenvalue weighted by Gasteiger charge is -2.30. The average Bonchev–Trinajstić information content (AvgIpc) is 2.95. The molecule has 2 aromatic rings. The summed E-state index contributed by atoms with van der Waals surface area (Å²) < 4.78 is 0. The molecule has 0 spiro atoms. The van der Waals surface area contributed by atoms with Gasteiger partial charge >= 0.3 is 0 Å². The minimum absolute atomic E-state index is 0.397. The second-order valence-electron chi connectivity index (χ2n) is 7.92. The lowest BCUT2D eigenvalue weighted by Crippen LogP contribution is -2.20. The summed E-state index contributed by atoms with van der Waals surface area (Å²) in [7, 11) is 0. The fourth-order valence-electron chi connectivity index (χ4n) is 4.59. The van der Waals surface area contributed by atoms with Gasteiger partial charge in [0.15, 0.2) is 0 Å². The first-order valence-corrected chi connectivity index (χ1v) is 9.27. The molecule has 24 heavy (non-hydrogen) atoms. The maximum absolute atomic E-state index is 9.68. The highest BCUT2D eigenvalue weighted by Gasteiger charge is 2.25. The Morgan fingerprint density at radius 1 is 1.08 bits per heavy atom. The van der Waals surface area contributed by atoms with E-state index >= 15 is 0 Å². The number of rotatable bonds is 3. The van der Waals surface area contributed by atoms with Gasteiger partial charge in [-0.3, -0.25) is 0 Å². The Kier molecular flexibility index (Phi) is 3.99. The normalized spacial score (nSPS) is 22.1. The van der Waals surface area contributed by atoms with Crippen LogP contribution in [0, 0.1) is 11.8 Å². The first-order chi connectivity index (χ1) is 11.6. The van der Waals surface area contributed by atoms with Crippen LogP contribution in [-0.4, -0.2) is 11.7 Å². The van der Waals surface area contributed by atoms with Crippen LogP contribution in [0.3, 0.4) is 0 Å². The number of fused-ring (bicyclic) bond motifs is 2. The molecule has 2 heteroatoms. The fraction of sp³-hybridized carbons (Fsp3) is 0.455. The number of hydrogen-bond acceptors (Lipinski definition) is 2. The highest BCUT2D eigenvalue weighted by atomic mass is 16.3. The van der Waals surface area contributed by atoms with Gasteiger partial charge in [-0.2, -0.15) is 0 Å². The summed E-state index contributed by atoms with van der Waals surface area (Å²) in [6.45, 7) is 5.77. The summed E-state index contributed by atoms with van der Waals surface area (Å²) in [6.07, 6.45) is 4.60. The SMILES string of the molecule is CC(C)C1CCNc2ccc(CC3Cc4ccc(O)cc4C3)cc21. The molecule has 0 saturated carbocycles. The molecule has 1 heterocycles. The fourth-order valence-corrected chi connectivity index (χ4v) is 4.59. The third-order valence-corrected chi connectivity index (χ3v) is 5.82. The monoisotopic (exact) mass is 321 g/mol. The molecule has 1 aliphatic carbocycles. The number of phenolic OH excluding ortho intramolecular Hbond substituents is 1. The van der Waals surface area contributed by atoms with Crippen LogP contribution < -0.4 is 5.32 Å². The molecule has 2 aromatic carbocycles. The predicted octanol–water partition coefficient (Wildman–Crippen LogP) is 4.90. The second kappa shape index (κ2) is 6.16. The van der Waals surface area contributed by atoms with Gasteiger partial charge in [-0.05, 0) is 83.9 Å². The largest absolute Gasteiger partial charge is 0.508 e. The third-order valence-electron chi connectivity index (χ3n) is 5.82. The maximum Gasteiger partial charge on any atom is 0.115 e. The molecular formula is C22H27NO. The molecule has 2 unspecified atom stereocenters. The highest BCUT2D eigenvalue weighted by Crippen LogP contribution is 2.38. The van der Waals surface area contributed by atoms with Gasteiger partial charge in [0.25, 0.3) is 0 Å². The van der Waals surface area contributed by atoms with E-state index in [0.29, 0.717) is 23.5 Å². The van der Waals surface area contributed by atoms with Gasteiger partial charge < -0.3 is 10.4 Å². The van der Waals surface area contributed by atoms with Crippen molar-refractivity contribution in [3.8, 4) is 5.75 Å². The molecule has 2 atom stereocenters. The number of phenols is 1. The van der Waals surface area contributed by atoms with E-state index in [1.807, 2.05) is 12.1 Å². The van der Waals surface area contributed by atoms with E-state index in [2.05, 4.69) is 43.4 Å². The van der Waals surface area contributed by atoms with Crippen molar-refractivity contribution in [3.05, 3.63) is 58.7 Å². The standard InChI is InChI=1S/C22H27NO/c1-14(2)20-7-8-23-22-6-3-15(12-21(20)22)9-16-10-17-4-5-19(24)13-18(17)11-16/h3-6,12-14,16,20,23-24H,7-11H2,1-2H3. The Morgan fingerprint density at radius 3 is 2.75 bits per heavy atom. The lowest BCUT2D eigenvalue weighted by atomic mass is 9.81. The Hall–Kier alpha value is -1.96. The molecule has 0 bridgehead atoms. The average molecular weight is 321 g/mol. The van der Waals surface area contributed by atoms with Gasteiger partial charge in [0.2, 0.25) is 0 Å². The van der Waals surface area contributed by atoms with E-state index in [-0.39, 0.29) is 0 Å². The molecule has 0 aromatic heterocycles. The van der Waals surface area contributed by atoms with Crippen LogP contribution in [0.2, 0.25) is 0 Å². The van der Waals surface area contributed by atoms with Crippen molar-refractivity contribution in [2.75, 3.05) is 11.9 Å². The molecule has 126 valence electrons. The molecular weight excluding hydrogens is 294 g/mol. The Balaban J connectivity index is 1.53. The highest BCUT2D eigenvalue weighted by molar-refractivity contribution is 5.56. The summed E-state index contributed by atoms with van der Waals surface area (Å²) in [5.74, 6) is 2.43. The van der Waals surface area contributed by atoms with Crippen LogP contribution in [0.25, 0.3) is 0 Å². The summed E-state index contributed by atoms with van der Waals surface area (Å²) in [5, 5.41) is 13.2. The lowest BCUT2D eigenvalue weighted by molar-refractivity contribution is 0.468. The van der Waals surface area contributed by atoms with E-state index in [4.69, 9.17) is 0 Å². The topological polar surface area (TPSA) is 32.3 Å². The van der Waals surface area contributed by atoms with Crippen LogP contribution >= 0.6 is 0 Å². The first-order valence-electron chi connectivity index (χ1n) is 9.27. The van der Waals surface area contributed by atoms with Crippen LogP contribution in [0.4, 0.5) is 5.69 Å². The zero-order valence-electron chi connectivity index (χ0n) is 14.7. The summed E-state index contributed by atoms with van der Waals surface area (Å²) in [4.78, 5) is 0. The first kappa shape index (κ1) is 15.6. The van der Waals surface area contributed by atoms with Gasteiger partial charge in [-0.25, -0.2) is 0 Å². The Bertz CT molecular complexity index is 750. The zero-order valence-corrected chi connectivity index (χ0v) is 14.7. The van der Waals surface area contributed by atoms with Crippen molar-refractivity contribution < 1.29 is 5.11 Å². The Labute approximate surface area is 144 Å². The number of aromatic hydroxyl groups is 1. The summed E-state index contributed by atoms with van der Waals surface area (Å²) >= 11 is 0. The number of hydrogen-bond donors (Lipinski definition) is 2. The van der Waals surface area contributed by atoms with E-state index < -0.39 is 0 Å². The quantitative estimate of drug-likeness (QED) is 0.842. The number of anilines is 1.